The maximum atomic E-state index is 6.87. The van der Waals surface area contributed by atoms with Gasteiger partial charge in [-0.25, -0.2) is 0 Å². The molecule has 0 unspecified atom stereocenters. The van der Waals surface area contributed by atoms with Crippen molar-refractivity contribution in [1.29, 1.82) is 0 Å². The predicted octanol–water partition coefficient (Wildman–Crippen LogP) is 18.1. The van der Waals surface area contributed by atoms with Gasteiger partial charge in [0.25, 0.3) is 0 Å². The van der Waals surface area contributed by atoms with Crippen LogP contribution in [0.15, 0.2) is 259 Å². The van der Waals surface area contributed by atoms with Crippen LogP contribution >= 0.6 is 0 Å². The lowest BCUT2D eigenvalue weighted by atomic mass is 9.92. The Morgan fingerprint density at radius 1 is 0.246 bits per heavy atom. The van der Waals surface area contributed by atoms with E-state index in [1.54, 1.807) is 0 Å². The summed E-state index contributed by atoms with van der Waals surface area (Å²) in [4.78, 5) is 0. The molecular formula is C66H42N2O. The second kappa shape index (κ2) is 15.7. The Morgan fingerprint density at radius 2 is 0.667 bits per heavy atom. The first-order chi connectivity index (χ1) is 34.3. The molecule has 11 aromatic carbocycles. The summed E-state index contributed by atoms with van der Waals surface area (Å²) in [5, 5.41) is 6.99. The minimum atomic E-state index is 0.875. The predicted molar refractivity (Wildman–Crippen MR) is 290 cm³/mol. The van der Waals surface area contributed by atoms with Crippen LogP contribution in [0.4, 0.5) is 0 Å². The van der Waals surface area contributed by atoms with E-state index in [9.17, 15) is 0 Å². The lowest BCUT2D eigenvalue weighted by Gasteiger charge is -2.21. The Bertz CT molecular complexity index is 4110. The van der Waals surface area contributed by atoms with Crippen LogP contribution < -0.4 is 0 Å². The van der Waals surface area contributed by atoms with Crippen LogP contribution in [0.2, 0.25) is 0 Å². The van der Waals surface area contributed by atoms with Gasteiger partial charge in [0, 0.05) is 43.4 Å². The normalized spacial score (nSPS) is 11.8. The van der Waals surface area contributed by atoms with Crippen molar-refractivity contribution in [3.05, 3.63) is 255 Å². The van der Waals surface area contributed by atoms with Gasteiger partial charge in [-0.1, -0.05) is 206 Å². The molecule has 0 spiro atoms. The van der Waals surface area contributed by atoms with Crippen LogP contribution in [-0.2, 0) is 0 Å². The number of para-hydroxylation sites is 5. The minimum absolute atomic E-state index is 0.875. The molecule has 69 heavy (non-hydrogen) atoms. The summed E-state index contributed by atoms with van der Waals surface area (Å²) >= 11 is 0. The number of hydrogen-bond acceptors (Lipinski definition) is 1. The molecule has 0 N–H and O–H groups in total. The molecule has 0 fully saturated rings. The van der Waals surface area contributed by atoms with Crippen molar-refractivity contribution in [2.75, 3.05) is 0 Å². The molecule has 0 aliphatic rings. The molecule has 322 valence electrons. The zero-order valence-corrected chi connectivity index (χ0v) is 37.6. The summed E-state index contributed by atoms with van der Waals surface area (Å²) in [6.45, 7) is 0. The quantitative estimate of drug-likeness (QED) is 0.156. The van der Waals surface area contributed by atoms with Crippen molar-refractivity contribution in [3.63, 3.8) is 0 Å². The highest BCUT2D eigenvalue weighted by Crippen LogP contribution is 2.47. The fourth-order valence-corrected chi connectivity index (χ4v) is 11.1. The highest BCUT2D eigenvalue weighted by molar-refractivity contribution is 6.16. The van der Waals surface area contributed by atoms with E-state index < -0.39 is 0 Å². The topological polar surface area (TPSA) is 23.0 Å². The molecule has 0 saturated carbocycles. The molecule has 0 aliphatic carbocycles. The molecule has 3 nitrogen and oxygen atoms in total. The molecule has 0 amide bonds. The smallest absolute Gasteiger partial charge is 0.143 e. The number of furan rings is 1. The van der Waals surface area contributed by atoms with Gasteiger partial charge in [0.05, 0.1) is 33.4 Å². The first-order valence-electron chi connectivity index (χ1n) is 23.7. The zero-order chi connectivity index (χ0) is 45.4. The third-order valence-electron chi connectivity index (χ3n) is 14.2. The molecule has 0 bridgehead atoms. The van der Waals surface area contributed by atoms with Crippen molar-refractivity contribution >= 4 is 65.6 Å². The van der Waals surface area contributed by atoms with Gasteiger partial charge in [0.1, 0.15) is 11.2 Å². The fourth-order valence-electron chi connectivity index (χ4n) is 11.1. The summed E-state index contributed by atoms with van der Waals surface area (Å²) in [6, 6.07) is 92.6. The SMILES string of the molecule is c1ccc(-c2ccccc2-c2ccc3c(c2)c2cc(-c4ccccc4-c4ccccc4)ccc2n3-c2c(-c3cccc4c3oc3ccccc34)cccc2-n2c3ccccc3c3ccccc32)cc1. The Morgan fingerprint density at radius 3 is 1.25 bits per heavy atom. The molecule has 3 heterocycles. The number of benzene rings is 11. The maximum absolute atomic E-state index is 6.87. The average molecular weight is 879 g/mol. The Labute approximate surface area is 399 Å². The standard InChI is InChI=1S/C66H42N2O/c1-3-19-43(20-4-1)47-23-7-9-25-49(47)45-37-39-61-57(41-45)58-42-46(50-26-10-8-24-48(50)44-21-5-2-6-22-44)38-40-62(58)68(61)65-54(56-32-17-31-55-53-29-13-16-36-64(53)69-66(55)56)30-18-35-63(65)67-59-33-14-11-27-51(59)52-28-12-15-34-60(52)67/h1-42H. The van der Waals surface area contributed by atoms with Gasteiger partial charge in [-0.2, -0.15) is 0 Å². The molecular weight excluding hydrogens is 837 g/mol. The fraction of sp³-hybridized carbons (Fsp3) is 0. The zero-order valence-electron chi connectivity index (χ0n) is 37.6. The van der Waals surface area contributed by atoms with Gasteiger partial charge in [-0.05, 0) is 93.0 Å². The lowest BCUT2D eigenvalue weighted by molar-refractivity contribution is 0.670. The summed E-state index contributed by atoms with van der Waals surface area (Å²) in [6.07, 6.45) is 0. The Kier molecular flexibility index (Phi) is 8.90. The van der Waals surface area contributed by atoms with E-state index in [4.69, 9.17) is 4.42 Å². The number of rotatable bonds is 7. The third-order valence-corrected chi connectivity index (χ3v) is 14.2. The van der Waals surface area contributed by atoms with Crippen molar-refractivity contribution in [1.82, 2.24) is 9.13 Å². The van der Waals surface area contributed by atoms with E-state index in [1.807, 2.05) is 0 Å². The number of nitrogens with zero attached hydrogens (tertiary/aromatic N) is 2. The van der Waals surface area contributed by atoms with Crippen LogP contribution in [0.25, 0.3) is 133 Å². The molecule has 14 rings (SSSR count). The van der Waals surface area contributed by atoms with Crippen molar-refractivity contribution in [2.24, 2.45) is 0 Å². The van der Waals surface area contributed by atoms with Gasteiger partial charge in [0.2, 0.25) is 0 Å². The van der Waals surface area contributed by atoms with E-state index in [1.165, 1.54) is 66.1 Å². The highest BCUT2D eigenvalue weighted by atomic mass is 16.3. The molecule has 0 atom stereocenters. The number of fused-ring (bicyclic) bond motifs is 9. The highest BCUT2D eigenvalue weighted by Gasteiger charge is 2.25. The Hall–Kier alpha value is -9.18. The van der Waals surface area contributed by atoms with Gasteiger partial charge >= 0.3 is 0 Å². The average Bonchev–Trinajstić information content (AvgIpc) is 4.08. The number of hydrogen-bond donors (Lipinski definition) is 0. The van der Waals surface area contributed by atoms with Gasteiger partial charge in [-0.3, -0.25) is 0 Å². The summed E-state index contributed by atoms with van der Waals surface area (Å²) in [7, 11) is 0. The molecule has 3 heteroatoms. The van der Waals surface area contributed by atoms with E-state index in [0.717, 1.165) is 66.5 Å². The summed E-state index contributed by atoms with van der Waals surface area (Å²) in [5.41, 5.74) is 20.1. The van der Waals surface area contributed by atoms with E-state index in [-0.39, 0.29) is 0 Å². The van der Waals surface area contributed by atoms with E-state index in [0.29, 0.717) is 0 Å². The molecule has 3 aromatic heterocycles. The second-order valence-electron chi connectivity index (χ2n) is 17.9. The molecule has 0 aliphatic heterocycles. The van der Waals surface area contributed by atoms with E-state index >= 15 is 0 Å². The summed E-state index contributed by atoms with van der Waals surface area (Å²) < 4.78 is 11.9. The van der Waals surface area contributed by atoms with Crippen molar-refractivity contribution in [2.45, 2.75) is 0 Å². The van der Waals surface area contributed by atoms with Gasteiger partial charge < -0.3 is 13.6 Å². The monoisotopic (exact) mass is 878 g/mol. The van der Waals surface area contributed by atoms with Crippen LogP contribution in [0.1, 0.15) is 0 Å². The summed E-state index contributed by atoms with van der Waals surface area (Å²) in [5.74, 6) is 0. The van der Waals surface area contributed by atoms with Crippen LogP contribution in [0.3, 0.4) is 0 Å². The van der Waals surface area contributed by atoms with Gasteiger partial charge in [0.15, 0.2) is 0 Å². The molecule has 0 saturated heterocycles. The van der Waals surface area contributed by atoms with Crippen LogP contribution in [0, 0.1) is 0 Å². The Balaban J connectivity index is 1.12. The minimum Gasteiger partial charge on any atom is -0.455 e. The first kappa shape index (κ1) is 39.0. The third kappa shape index (κ3) is 6.14. The number of aromatic nitrogens is 2. The first-order valence-corrected chi connectivity index (χ1v) is 23.7. The van der Waals surface area contributed by atoms with Gasteiger partial charge in [-0.15, -0.1) is 0 Å². The van der Waals surface area contributed by atoms with Crippen LogP contribution in [0.5, 0.6) is 0 Å². The largest absolute Gasteiger partial charge is 0.455 e. The van der Waals surface area contributed by atoms with Crippen molar-refractivity contribution < 1.29 is 4.42 Å². The van der Waals surface area contributed by atoms with Crippen molar-refractivity contribution in [3.8, 4) is 67.0 Å². The maximum Gasteiger partial charge on any atom is 0.143 e. The molecule has 0 radical (unpaired) electrons. The second-order valence-corrected chi connectivity index (χ2v) is 17.9. The molecule has 14 aromatic rings. The van der Waals surface area contributed by atoms with Crippen LogP contribution in [-0.4, -0.2) is 9.13 Å². The van der Waals surface area contributed by atoms with E-state index in [2.05, 4.69) is 264 Å². The lowest BCUT2D eigenvalue weighted by Crippen LogP contribution is -2.05.